The monoisotopic (exact) mass is 521 g/mol. The number of aromatic nitrogens is 6. The van der Waals surface area contributed by atoms with E-state index in [2.05, 4.69) is 65.2 Å². The second-order valence-corrected chi connectivity index (χ2v) is 11.7. The van der Waals surface area contributed by atoms with Crippen LogP contribution in [0.15, 0.2) is 36.8 Å². The van der Waals surface area contributed by atoms with Crippen molar-refractivity contribution in [2.75, 3.05) is 18.0 Å². The van der Waals surface area contributed by atoms with Crippen LogP contribution in [0.3, 0.4) is 0 Å². The fourth-order valence-corrected chi connectivity index (χ4v) is 7.39. The van der Waals surface area contributed by atoms with Gasteiger partial charge in [0.1, 0.15) is 23.6 Å². The minimum absolute atomic E-state index is 0.253. The van der Waals surface area contributed by atoms with Gasteiger partial charge in [-0.25, -0.2) is 4.98 Å². The van der Waals surface area contributed by atoms with Crippen LogP contribution in [-0.4, -0.2) is 59.6 Å². The number of nitrogens with zero attached hydrogens (tertiary/aromatic N) is 9. The number of nitriles is 1. The Bertz CT molecular complexity index is 1550. The van der Waals surface area contributed by atoms with Crippen molar-refractivity contribution in [1.82, 2.24) is 34.4 Å². The number of hydrogen-bond acceptors (Lipinski definition) is 8. The molecular weight excluding hydrogens is 486 g/mol. The molecule has 9 heteroatoms. The van der Waals surface area contributed by atoms with E-state index in [0.717, 1.165) is 55.1 Å². The maximum Gasteiger partial charge on any atom is 0.257 e. The lowest BCUT2D eigenvalue weighted by Crippen LogP contribution is -2.59. The Morgan fingerprint density at radius 2 is 1.85 bits per heavy atom. The summed E-state index contributed by atoms with van der Waals surface area (Å²) in [5.41, 5.74) is 5.00. The Morgan fingerprint density at radius 1 is 1.03 bits per heavy atom. The lowest BCUT2D eigenvalue weighted by molar-refractivity contribution is -0.0309. The van der Waals surface area contributed by atoms with Crippen LogP contribution in [0.2, 0.25) is 0 Å². The van der Waals surface area contributed by atoms with Gasteiger partial charge in [-0.15, -0.1) is 10.2 Å². The number of rotatable bonds is 7. The van der Waals surface area contributed by atoms with Crippen LogP contribution in [-0.2, 0) is 5.41 Å². The Balaban J connectivity index is 1.23. The topological polar surface area (TPSA) is 99.1 Å². The molecule has 1 aliphatic heterocycles. The van der Waals surface area contributed by atoms with Crippen LogP contribution < -0.4 is 4.90 Å². The van der Waals surface area contributed by atoms with Crippen LogP contribution >= 0.6 is 0 Å². The lowest BCUT2D eigenvalue weighted by Gasteiger charge is -2.61. The van der Waals surface area contributed by atoms with Gasteiger partial charge in [-0.2, -0.15) is 10.2 Å². The van der Waals surface area contributed by atoms with Crippen LogP contribution in [0.1, 0.15) is 82.3 Å². The fraction of sp³-hybridized carbons (Fsp3) is 0.533. The highest BCUT2D eigenvalue weighted by atomic mass is 15.4. The quantitative estimate of drug-likeness (QED) is 0.341. The predicted octanol–water partition coefficient (Wildman–Crippen LogP) is 4.82. The molecule has 3 atom stereocenters. The first-order chi connectivity index (χ1) is 19.1. The SMILES string of the molecule is CCC(c1ccc(C23CC(C2)C3)nc1)N1C[C@H](CC)N(c2nc3nncn3c3ccc(C#N)nc23)C[C@H]1CC. The molecule has 39 heavy (non-hydrogen) atoms. The molecule has 5 heterocycles. The van der Waals surface area contributed by atoms with Crippen molar-refractivity contribution in [3.05, 3.63) is 53.7 Å². The van der Waals surface area contributed by atoms with Crippen LogP contribution in [0, 0.1) is 17.2 Å². The van der Waals surface area contributed by atoms with Crippen molar-refractivity contribution in [1.29, 1.82) is 5.26 Å². The van der Waals surface area contributed by atoms with E-state index in [9.17, 15) is 5.26 Å². The maximum atomic E-state index is 9.57. The Labute approximate surface area is 228 Å². The lowest BCUT2D eigenvalue weighted by atomic mass is 9.43. The third-order valence-corrected chi connectivity index (χ3v) is 9.69. The van der Waals surface area contributed by atoms with E-state index >= 15 is 0 Å². The first-order valence-corrected chi connectivity index (χ1v) is 14.5. The molecule has 4 aromatic rings. The van der Waals surface area contributed by atoms with Crippen LogP contribution in [0.25, 0.3) is 16.8 Å². The molecule has 0 amide bonds. The van der Waals surface area contributed by atoms with Crippen molar-refractivity contribution in [2.45, 2.75) is 82.8 Å². The van der Waals surface area contributed by atoms with E-state index in [-0.39, 0.29) is 6.04 Å². The zero-order chi connectivity index (χ0) is 26.7. The van der Waals surface area contributed by atoms with E-state index in [1.54, 1.807) is 12.4 Å². The number of anilines is 1. The summed E-state index contributed by atoms with van der Waals surface area (Å²) in [6.07, 6.45) is 10.9. The second-order valence-electron chi connectivity index (χ2n) is 11.7. The summed E-state index contributed by atoms with van der Waals surface area (Å²) < 4.78 is 1.85. The van der Waals surface area contributed by atoms with Gasteiger partial charge in [-0.3, -0.25) is 14.3 Å². The molecule has 1 saturated heterocycles. The molecule has 9 nitrogen and oxygen atoms in total. The predicted molar refractivity (Wildman–Crippen MR) is 149 cm³/mol. The van der Waals surface area contributed by atoms with Gasteiger partial charge in [-0.05, 0) is 68.2 Å². The molecule has 200 valence electrons. The molecule has 2 bridgehead atoms. The van der Waals surface area contributed by atoms with Gasteiger partial charge in [-0.1, -0.05) is 26.8 Å². The van der Waals surface area contributed by atoms with Gasteiger partial charge in [0, 0.05) is 48.5 Å². The highest BCUT2D eigenvalue weighted by molar-refractivity contribution is 5.88. The third-order valence-electron chi connectivity index (χ3n) is 9.69. The average molecular weight is 522 g/mol. The molecule has 4 aromatic heterocycles. The molecule has 3 aliphatic carbocycles. The first kappa shape index (κ1) is 24.4. The number of fused-ring (bicyclic) bond motifs is 3. The number of pyridine rings is 2. The highest BCUT2D eigenvalue weighted by Crippen LogP contribution is 2.64. The van der Waals surface area contributed by atoms with Gasteiger partial charge >= 0.3 is 0 Å². The zero-order valence-corrected chi connectivity index (χ0v) is 23.0. The summed E-state index contributed by atoms with van der Waals surface area (Å²) in [6, 6.07) is 11.4. The van der Waals surface area contributed by atoms with Gasteiger partial charge in [0.05, 0.1) is 5.52 Å². The molecular formula is C30H35N9. The molecule has 3 saturated carbocycles. The molecule has 0 radical (unpaired) electrons. The summed E-state index contributed by atoms with van der Waals surface area (Å²) in [6.45, 7) is 8.58. The summed E-state index contributed by atoms with van der Waals surface area (Å²) in [5.74, 6) is 2.31. The van der Waals surface area contributed by atoms with E-state index in [4.69, 9.17) is 15.0 Å². The zero-order valence-electron chi connectivity index (χ0n) is 23.0. The van der Waals surface area contributed by atoms with E-state index in [0.29, 0.717) is 29.0 Å². The van der Waals surface area contributed by atoms with E-state index in [1.165, 1.54) is 30.5 Å². The van der Waals surface area contributed by atoms with Gasteiger partial charge in [0.25, 0.3) is 5.78 Å². The largest absolute Gasteiger partial charge is 0.349 e. The van der Waals surface area contributed by atoms with Crippen molar-refractivity contribution >= 4 is 22.6 Å². The molecule has 4 fully saturated rings. The van der Waals surface area contributed by atoms with Gasteiger partial charge < -0.3 is 4.90 Å². The molecule has 8 rings (SSSR count). The van der Waals surface area contributed by atoms with Gasteiger partial charge in [0.2, 0.25) is 0 Å². The summed E-state index contributed by atoms with van der Waals surface area (Å²) in [4.78, 5) is 19.8. The normalized spacial score (nSPS) is 27.2. The Kier molecular flexibility index (Phi) is 5.78. The molecule has 0 spiro atoms. The van der Waals surface area contributed by atoms with E-state index < -0.39 is 0 Å². The minimum Gasteiger partial charge on any atom is -0.349 e. The number of hydrogen-bond donors (Lipinski definition) is 0. The average Bonchev–Trinajstić information content (AvgIpc) is 3.40. The standard InChI is InChI=1S/C30H35N9/c1-4-22-17-38(28-27-25(9-8-21(14-31)34-27)39-18-33-36-29(39)35-28)23(5-2)16-37(22)24(6-3)20-7-10-26(32-15-20)30-11-19(12-30)13-30/h7-10,15,18-19,22-24H,4-6,11-13,16-17H2,1-3H3/t19?,22-,23+,24?,30?/m1/s1. The Morgan fingerprint density at radius 3 is 2.49 bits per heavy atom. The summed E-state index contributed by atoms with van der Waals surface area (Å²) in [7, 11) is 0. The van der Waals surface area contributed by atoms with Crippen molar-refractivity contribution in [3.8, 4) is 6.07 Å². The van der Waals surface area contributed by atoms with Gasteiger partial charge in [0.15, 0.2) is 5.82 Å². The second kappa shape index (κ2) is 9.23. The smallest absolute Gasteiger partial charge is 0.257 e. The summed E-state index contributed by atoms with van der Waals surface area (Å²) >= 11 is 0. The van der Waals surface area contributed by atoms with Crippen molar-refractivity contribution < 1.29 is 0 Å². The molecule has 1 unspecified atom stereocenters. The molecule has 0 N–H and O–H groups in total. The number of piperazine rings is 1. The summed E-state index contributed by atoms with van der Waals surface area (Å²) in [5, 5.41) is 17.9. The van der Waals surface area contributed by atoms with Crippen LogP contribution in [0.5, 0.6) is 0 Å². The third kappa shape index (κ3) is 3.72. The first-order valence-electron chi connectivity index (χ1n) is 14.5. The Hall–Kier alpha value is -3.64. The fourth-order valence-electron chi connectivity index (χ4n) is 7.39. The minimum atomic E-state index is 0.253. The molecule has 0 aromatic carbocycles. The van der Waals surface area contributed by atoms with Crippen molar-refractivity contribution in [2.24, 2.45) is 5.92 Å². The highest BCUT2D eigenvalue weighted by Gasteiger charge is 2.58. The van der Waals surface area contributed by atoms with E-state index in [1.807, 2.05) is 10.5 Å². The van der Waals surface area contributed by atoms with Crippen LogP contribution in [0.4, 0.5) is 5.82 Å². The maximum absolute atomic E-state index is 9.57. The molecule has 4 aliphatic rings. The van der Waals surface area contributed by atoms with Crippen molar-refractivity contribution in [3.63, 3.8) is 0 Å².